The number of rotatable bonds is 4. The minimum Gasteiger partial charge on any atom is -0.339 e. The molecule has 6 nitrogen and oxygen atoms in total. The maximum atomic E-state index is 12.2. The van der Waals surface area contributed by atoms with Crippen LogP contribution < -0.4 is 5.73 Å². The second kappa shape index (κ2) is 6.38. The summed E-state index contributed by atoms with van der Waals surface area (Å²) in [6.45, 7) is 3.37. The third-order valence-corrected chi connectivity index (χ3v) is 4.56. The van der Waals surface area contributed by atoms with Crippen LogP contribution in [-0.2, 0) is 18.4 Å². The Labute approximate surface area is 117 Å². The summed E-state index contributed by atoms with van der Waals surface area (Å²) in [6, 6.07) is 0.362. The molecule has 7 heteroatoms. The van der Waals surface area contributed by atoms with E-state index >= 15 is 0 Å². The summed E-state index contributed by atoms with van der Waals surface area (Å²) in [5, 5.41) is 8.78. The molecule has 0 bridgehead atoms. The zero-order chi connectivity index (χ0) is 13.8. The maximum absolute atomic E-state index is 12.2. The van der Waals surface area contributed by atoms with Gasteiger partial charge in [-0.3, -0.25) is 4.79 Å². The van der Waals surface area contributed by atoms with Crippen LogP contribution in [0.3, 0.4) is 0 Å². The third-order valence-electron chi connectivity index (χ3n) is 3.56. The lowest BCUT2D eigenvalue weighted by Gasteiger charge is -2.33. The van der Waals surface area contributed by atoms with E-state index in [0.29, 0.717) is 18.3 Å². The van der Waals surface area contributed by atoms with Crippen LogP contribution in [0, 0.1) is 0 Å². The normalized spacial score (nSPS) is 19.7. The average Bonchev–Trinajstić information content (AvgIpc) is 2.77. The first-order valence-electron chi connectivity index (χ1n) is 6.64. The van der Waals surface area contributed by atoms with Crippen molar-refractivity contribution in [2.45, 2.75) is 43.9 Å². The second-order valence-electron chi connectivity index (χ2n) is 4.88. The molecule has 106 valence electrons. The smallest absolute Gasteiger partial charge is 0.233 e. The van der Waals surface area contributed by atoms with Crippen LogP contribution in [0.15, 0.2) is 5.16 Å². The fraction of sp³-hybridized carbons (Fsp3) is 0.750. The van der Waals surface area contributed by atoms with E-state index in [-0.39, 0.29) is 5.91 Å². The summed E-state index contributed by atoms with van der Waals surface area (Å²) in [4.78, 5) is 14.2. The molecule has 0 spiro atoms. The summed E-state index contributed by atoms with van der Waals surface area (Å²) >= 11 is 1.43. The maximum Gasteiger partial charge on any atom is 0.233 e. The number of hydrogen-bond donors (Lipinski definition) is 1. The van der Waals surface area contributed by atoms with Crippen LogP contribution in [0.1, 0.15) is 32.0 Å². The molecular weight excluding hydrogens is 262 g/mol. The minimum atomic E-state index is 0.189. The number of hydrogen-bond acceptors (Lipinski definition) is 5. The van der Waals surface area contributed by atoms with Gasteiger partial charge in [-0.15, -0.1) is 10.2 Å². The van der Waals surface area contributed by atoms with E-state index in [1.54, 1.807) is 0 Å². The molecular formula is C12H21N5OS. The molecule has 1 atom stereocenters. The monoisotopic (exact) mass is 283 g/mol. The van der Waals surface area contributed by atoms with Crippen molar-refractivity contribution >= 4 is 17.7 Å². The number of piperidine rings is 1. The van der Waals surface area contributed by atoms with E-state index in [1.165, 1.54) is 18.2 Å². The molecule has 19 heavy (non-hydrogen) atoms. The molecule has 1 aliphatic rings. The molecule has 2 rings (SSSR count). The third kappa shape index (κ3) is 3.27. The topological polar surface area (TPSA) is 77.0 Å². The predicted molar refractivity (Wildman–Crippen MR) is 74.6 cm³/mol. The van der Waals surface area contributed by atoms with Gasteiger partial charge in [0.1, 0.15) is 5.82 Å². The minimum absolute atomic E-state index is 0.189. The van der Waals surface area contributed by atoms with Gasteiger partial charge >= 0.3 is 0 Å². The largest absolute Gasteiger partial charge is 0.339 e. The van der Waals surface area contributed by atoms with Gasteiger partial charge in [-0.1, -0.05) is 11.8 Å². The number of amides is 1. The summed E-state index contributed by atoms with van der Waals surface area (Å²) in [5.41, 5.74) is 5.55. The Morgan fingerprint density at radius 3 is 2.89 bits per heavy atom. The molecule has 1 aromatic rings. The molecule has 2 N–H and O–H groups in total. The van der Waals surface area contributed by atoms with Crippen molar-refractivity contribution in [3.8, 4) is 0 Å². The van der Waals surface area contributed by atoms with Gasteiger partial charge in [0.25, 0.3) is 0 Å². The van der Waals surface area contributed by atoms with Gasteiger partial charge in [-0.2, -0.15) is 0 Å². The lowest BCUT2D eigenvalue weighted by atomic mass is 10.0. The highest BCUT2D eigenvalue weighted by molar-refractivity contribution is 7.99. The highest BCUT2D eigenvalue weighted by Gasteiger charge is 2.23. The lowest BCUT2D eigenvalue weighted by Crippen LogP contribution is -2.42. The number of likely N-dealkylation sites (tertiary alicyclic amines) is 1. The first-order chi connectivity index (χ1) is 9.13. The van der Waals surface area contributed by atoms with Crippen LogP contribution in [0.2, 0.25) is 0 Å². The molecule has 1 unspecified atom stereocenters. The quantitative estimate of drug-likeness (QED) is 0.826. The van der Waals surface area contributed by atoms with E-state index in [0.717, 1.165) is 30.4 Å². The molecule has 0 saturated carbocycles. The molecule has 1 aliphatic heterocycles. The Morgan fingerprint density at radius 2 is 2.26 bits per heavy atom. The highest BCUT2D eigenvalue weighted by atomic mass is 32.2. The number of thioether (sulfide) groups is 1. The number of nitrogens with two attached hydrogens (primary N) is 1. The SMILES string of the molecule is CC1CCCCN1C(=O)CSc1nnc(CN)n1C. The fourth-order valence-electron chi connectivity index (χ4n) is 2.33. The fourth-order valence-corrected chi connectivity index (χ4v) is 3.14. The Kier molecular flexibility index (Phi) is 4.81. The van der Waals surface area contributed by atoms with Crippen LogP contribution in [0.5, 0.6) is 0 Å². The van der Waals surface area contributed by atoms with Gasteiger partial charge in [-0.25, -0.2) is 0 Å². The van der Waals surface area contributed by atoms with E-state index in [4.69, 9.17) is 5.73 Å². The first kappa shape index (κ1) is 14.3. The number of carbonyl (C=O) groups excluding carboxylic acids is 1. The van der Waals surface area contributed by atoms with E-state index < -0.39 is 0 Å². The van der Waals surface area contributed by atoms with E-state index in [1.807, 2.05) is 16.5 Å². The predicted octanol–water partition coefficient (Wildman–Crippen LogP) is 0.767. The molecule has 0 aromatic carbocycles. The summed E-state index contributed by atoms with van der Waals surface area (Å²) in [5.74, 6) is 1.34. The Hall–Kier alpha value is -1.08. The van der Waals surface area contributed by atoms with Crippen molar-refractivity contribution in [3.63, 3.8) is 0 Å². The van der Waals surface area contributed by atoms with Crippen molar-refractivity contribution in [1.29, 1.82) is 0 Å². The molecule has 1 saturated heterocycles. The molecule has 2 heterocycles. The van der Waals surface area contributed by atoms with Crippen molar-refractivity contribution in [1.82, 2.24) is 19.7 Å². The Balaban J connectivity index is 1.90. The van der Waals surface area contributed by atoms with E-state index in [9.17, 15) is 4.79 Å². The molecule has 1 fully saturated rings. The number of nitrogens with zero attached hydrogens (tertiary/aromatic N) is 4. The summed E-state index contributed by atoms with van der Waals surface area (Å²) < 4.78 is 1.84. The van der Waals surface area contributed by atoms with Crippen LogP contribution in [0.25, 0.3) is 0 Å². The van der Waals surface area contributed by atoms with Gasteiger partial charge in [0.15, 0.2) is 5.16 Å². The zero-order valence-electron chi connectivity index (χ0n) is 11.5. The van der Waals surface area contributed by atoms with Crippen molar-refractivity contribution < 1.29 is 4.79 Å². The second-order valence-corrected chi connectivity index (χ2v) is 5.83. The average molecular weight is 283 g/mol. The standard InChI is InChI=1S/C12H21N5OS/c1-9-5-3-4-6-17(9)11(18)8-19-12-15-14-10(7-13)16(12)2/h9H,3-8,13H2,1-2H3. The van der Waals surface area contributed by atoms with Crippen LogP contribution in [0.4, 0.5) is 0 Å². The number of aromatic nitrogens is 3. The molecule has 1 aromatic heterocycles. The van der Waals surface area contributed by atoms with Crippen LogP contribution in [-0.4, -0.2) is 43.9 Å². The zero-order valence-corrected chi connectivity index (χ0v) is 12.3. The molecule has 1 amide bonds. The van der Waals surface area contributed by atoms with Crippen molar-refractivity contribution in [3.05, 3.63) is 5.82 Å². The first-order valence-corrected chi connectivity index (χ1v) is 7.62. The Bertz CT molecular complexity index is 447. The van der Waals surface area contributed by atoms with Gasteiger partial charge < -0.3 is 15.2 Å². The Morgan fingerprint density at radius 1 is 1.47 bits per heavy atom. The van der Waals surface area contributed by atoms with E-state index in [2.05, 4.69) is 17.1 Å². The van der Waals surface area contributed by atoms with Crippen molar-refractivity contribution in [2.75, 3.05) is 12.3 Å². The van der Waals surface area contributed by atoms with Gasteiger partial charge in [0, 0.05) is 19.6 Å². The molecule has 0 radical (unpaired) electrons. The highest BCUT2D eigenvalue weighted by Crippen LogP contribution is 2.20. The van der Waals surface area contributed by atoms with Gasteiger partial charge in [0.2, 0.25) is 5.91 Å². The lowest BCUT2D eigenvalue weighted by molar-refractivity contribution is -0.131. The molecule has 0 aliphatic carbocycles. The van der Waals surface area contributed by atoms with Crippen LogP contribution >= 0.6 is 11.8 Å². The van der Waals surface area contributed by atoms with Crippen molar-refractivity contribution in [2.24, 2.45) is 12.8 Å². The van der Waals surface area contributed by atoms with Gasteiger partial charge in [0.05, 0.1) is 12.3 Å². The summed E-state index contributed by atoms with van der Waals surface area (Å²) in [6.07, 6.45) is 3.45. The number of carbonyl (C=O) groups is 1. The van der Waals surface area contributed by atoms with Gasteiger partial charge in [-0.05, 0) is 26.2 Å². The summed E-state index contributed by atoms with van der Waals surface area (Å²) in [7, 11) is 1.87.